The van der Waals surface area contributed by atoms with Crippen molar-refractivity contribution in [2.24, 2.45) is 5.41 Å². The summed E-state index contributed by atoms with van der Waals surface area (Å²) < 4.78 is 41.7. The second-order valence-electron chi connectivity index (χ2n) is 6.97. The Bertz CT molecular complexity index is 798. The fraction of sp³-hybridized carbons (Fsp3) is 0.389. The molecule has 1 saturated heterocycles. The summed E-state index contributed by atoms with van der Waals surface area (Å²) in [4.78, 5) is 12.0. The predicted molar refractivity (Wildman–Crippen MR) is 86.1 cm³/mol. The molecule has 2 aromatic rings. The average molecular weight is 336 g/mol. The fourth-order valence-electron chi connectivity index (χ4n) is 3.22. The van der Waals surface area contributed by atoms with Gasteiger partial charge < -0.3 is 0 Å². The van der Waals surface area contributed by atoms with Crippen molar-refractivity contribution >= 4 is 16.7 Å². The molecule has 0 saturated carbocycles. The van der Waals surface area contributed by atoms with Crippen LogP contribution in [0.25, 0.3) is 10.8 Å². The molecule has 1 amide bonds. The van der Waals surface area contributed by atoms with Crippen molar-refractivity contribution in [3.8, 4) is 0 Å². The predicted octanol–water partition coefficient (Wildman–Crippen LogP) is 4.12. The first kappa shape index (κ1) is 16.8. The minimum atomic E-state index is -4.51. The van der Waals surface area contributed by atoms with Crippen LogP contribution in [0.5, 0.6) is 0 Å². The lowest BCUT2D eigenvalue weighted by atomic mass is 9.92. The fourth-order valence-corrected chi connectivity index (χ4v) is 3.22. The number of alkyl halides is 3. The summed E-state index contributed by atoms with van der Waals surface area (Å²) in [6.07, 6.45) is -4.51. The van der Waals surface area contributed by atoms with Crippen molar-refractivity contribution in [2.45, 2.75) is 33.0 Å². The van der Waals surface area contributed by atoms with Gasteiger partial charge in [-0.05, 0) is 37.1 Å². The maximum atomic E-state index is 13.9. The lowest BCUT2D eigenvalue weighted by Crippen LogP contribution is -2.43. The molecule has 1 N–H and O–H groups in total. The van der Waals surface area contributed by atoms with E-state index in [9.17, 15) is 18.0 Å². The zero-order valence-corrected chi connectivity index (χ0v) is 13.7. The summed E-state index contributed by atoms with van der Waals surface area (Å²) in [7, 11) is 0. The van der Waals surface area contributed by atoms with Crippen LogP contribution in [0.1, 0.15) is 31.0 Å². The molecule has 0 aliphatic carbocycles. The van der Waals surface area contributed by atoms with Crippen LogP contribution in [0.3, 0.4) is 0 Å². The molecule has 1 aliphatic heterocycles. The summed E-state index contributed by atoms with van der Waals surface area (Å²) in [5.41, 5.74) is 2.47. The van der Waals surface area contributed by atoms with Crippen molar-refractivity contribution in [1.29, 1.82) is 0 Å². The highest BCUT2D eigenvalue weighted by Gasteiger charge is 2.51. The number of benzene rings is 2. The number of halogens is 3. The van der Waals surface area contributed by atoms with E-state index in [0.29, 0.717) is 5.39 Å². The molecule has 6 heteroatoms. The first-order valence-electron chi connectivity index (χ1n) is 7.73. The van der Waals surface area contributed by atoms with Crippen LogP contribution in [0.4, 0.5) is 13.2 Å². The normalized spacial score (nSPS) is 19.5. The molecule has 1 atom stereocenters. The Kier molecular flexibility index (Phi) is 3.83. The highest BCUT2D eigenvalue weighted by molar-refractivity contribution is 5.87. The molecule has 128 valence electrons. The largest absolute Gasteiger partial charge is 0.409 e. The topological polar surface area (TPSA) is 32.3 Å². The number of hydrazine groups is 1. The SMILES string of the molecule is Cc1cc(C(N2CC(C)(C)C(=O)N2)C(F)(F)F)c2ccccc2c1. The van der Waals surface area contributed by atoms with Gasteiger partial charge >= 0.3 is 6.18 Å². The molecule has 0 spiro atoms. The van der Waals surface area contributed by atoms with Crippen LogP contribution in [0.15, 0.2) is 36.4 Å². The van der Waals surface area contributed by atoms with Gasteiger partial charge in [-0.2, -0.15) is 13.2 Å². The lowest BCUT2D eigenvalue weighted by molar-refractivity contribution is -0.191. The van der Waals surface area contributed by atoms with Crippen LogP contribution < -0.4 is 5.43 Å². The van der Waals surface area contributed by atoms with Crippen LogP contribution in [-0.4, -0.2) is 23.6 Å². The van der Waals surface area contributed by atoms with Gasteiger partial charge in [-0.15, -0.1) is 0 Å². The van der Waals surface area contributed by atoms with E-state index in [1.54, 1.807) is 51.1 Å². The smallest absolute Gasteiger partial charge is 0.287 e. The van der Waals surface area contributed by atoms with Crippen molar-refractivity contribution in [2.75, 3.05) is 6.54 Å². The minimum absolute atomic E-state index is 0.00171. The number of aryl methyl sites for hydroxylation is 1. The number of nitrogens with zero attached hydrogens (tertiary/aromatic N) is 1. The summed E-state index contributed by atoms with van der Waals surface area (Å²) in [6.45, 7) is 5.06. The molecule has 3 rings (SSSR count). The number of hydrogen-bond acceptors (Lipinski definition) is 2. The molecule has 1 unspecified atom stereocenters. The lowest BCUT2D eigenvalue weighted by Gasteiger charge is -2.31. The third-order valence-corrected chi connectivity index (χ3v) is 4.38. The van der Waals surface area contributed by atoms with Gasteiger partial charge in [-0.25, -0.2) is 5.01 Å². The van der Waals surface area contributed by atoms with Gasteiger partial charge in [0.1, 0.15) is 0 Å². The summed E-state index contributed by atoms with van der Waals surface area (Å²) in [6, 6.07) is 8.54. The van der Waals surface area contributed by atoms with E-state index in [1.807, 2.05) is 6.07 Å². The van der Waals surface area contributed by atoms with Crippen molar-refractivity contribution < 1.29 is 18.0 Å². The third-order valence-electron chi connectivity index (χ3n) is 4.38. The molecular weight excluding hydrogens is 317 g/mol. The third kappa shape index (κ3) is 2.86. The number of carbonyl (C=O) groups excluding carboxylic acids is 1. The van der Waals surface area contributed by atoms with Crippen LogP contribution in [-0.2, 0) is 4.79 Å². The van der Waals surface area contributed by atoms with Crippen LogP contribution in [0.2, 0.25) is 0 Å². The van der Waals surface area contributed by atoms with Gasteiger partial charge in [0.15, 0.2) is 6.04 Å². The van der Waals surface area contributed by atoms with Crippen molar-refractivity contribution in [1.82, 2.24) is 10.4 Å². The number of carbonyl (C=O) groups is 1. The zero-order chi connectivity index (χ0) is 17.7. The molecule has 1 aliphatic rings. The second kappa shape index (κ2) is 5.48. The van der Waals surface area contributed by atoms with E-state index in [2.05, 4.69) is 5.43 Å². The number of fused-ring (bicyclic) bond motifs is 1. The summed E-state index contributed by atoms with van der Waals surface area (Å²) >= 11 is 0. The minimum Gasteiger partial charge on any atom is -0.287 e. The molecule has 24 heavy (non-hydrogen) atoms. The van der Waals surface area contributed by atoms with Gasteiger partial charge in [0, 0.05) is 6.54 Å². The van der Waals surface area contributed by atoms with Crippen molar-refractivity contribution in [3.05, 3.63) is 47.5 Å². The maximum Gasteiger partial charge on any atom is 0.409 e. The Labute approximate surface area is 138 Å². The summed E-state index contributed by atoms with van der Waals surface area (Å²) in [5.74, 6) is -0.395. The quantitative estimate of drug-likeness (QED) is 0.894. The molecule has 0 radical (unpaired) electrons. The van der Waals surface area contributed by atoms with E-state index in [1.165, 1.54) is 0 Å². The van der Waals surface area contributed by atoms with Crippen molar-refractivity contribution in [3.63, 3.8) is 0 Å². The van der Waals surface area contributed by atoms with Gasteiger partial charge in [0.2, 0.25) is 5.91 Å². The van der Waals surface area contributed by atoms with Gasteiger partial charge in [-0.1, -0.05) is 42.0 Å². The molecule has 3 nitrogen and oxygen atoms in total. The highest BCUT2D eigenvalue weighted by atomic mass is 19.4. The van der Waals surface area contributed by atoms with E-state index < -0.39 is 23.5 Å². The maximum absolute atomic E-state index is 13.9. The Morgan fingerprint density at radius 1 is 1.21 bits per heavy atom. The monoisotopic (exact) mass is 336 g/mol. The molecular formula is C18H19F3N2O. The Morgan fingerprint density at radius 2 is 1.88 bits per heavy atom. The van der Waals surface area contributed by atoms with E-state index in [-0.39, 0.29) is 12.1 Å². The zero-order valence-electron chi connectivity index (χ0n) is 13.7. The Hall–Kier alpha value is -2.08. The first-order valence-corrected chi connectivity index (χ1v) is 7.73. The highest BCUT2D eigenvalue weighted by Crippen LogP contribution is 2.43. The van der Waals surface area contributed by atoms with Gasteiger partial charge in [0.25, 0.3) is 0 Å². The van der Waals surface area contributed by atoms with Gasteiger partial charge in [-0.3, -0.25) is 10.2 Å². The Morgan fingerprint density at radius 3 is 2.46 bits per heavy atom. The van der Waals surface area contributed by atoms with E-state index in [0.717, 1.165) is 16.0 Å². The molecule has 1 fully saturated rings. The Balaban J connectivity index is 2.17. The summed E-state index contributed by atoms with van der Waals surface area (Å²) in [5, 5.41) is 2.32. The molecule has 0 aromatic heterocycles. The van der Waals surface area contributed by atoms with E-state index >= 15 is 0 Å². The average Bonchev–Trinajstić information content (AvgIpc) is 2.70. The van der Waals surface area contributed by atoms with Crippen LogP contribution >= 0.6 is 0 Å². The molecule has 0 bridgehead atoms. The van der Waals surface area contributed by atoms with Gasteiger partial charge in [0.05, 0.1) is 5.41 Å². The first-order chi connectivity index (χ1) is 11.1. The van der Waals surface area contributed by atoms with Crippen LogP contribution in [0, 0.1) is 12.3 Å². The van der Waals surface area contributed by atoms with E-state index in [4.69, 9.17) is 0 Å². The standard InChI is InChI=1S/C18H19F3N2O/c1-11-8-12-6-4-5-7-13(12)14(9-11)15(18(19,20)21)23-10-17(2,3)16(24)22-23/h4-9,15H,10H2,1-3H3,(H,22,24). The number of nitrogens with one attached hydrogen (secondary N) is 1. The second-order valence-corrected chi connectivity index (χ2v) is 6.97. The number of rotatable bonds is 2. The molecule has 1 heterocycles. The number of amides is 1. The molecule has 2 aromatic carbocycles. The number of hydrogen-bond donors (Lipinski definition) is 1.